The largest absolute Gasteiger partial charge is 0.480 e. The molecule has 0 aliphatic rings. The molecule has 0 radical (unpaired) electrons. The fourth-order valence-corrected chi connectivity index (χ4v) is 1.23. The quantitative estimate of drug-likeness (QED) is 0.563. The van der Waals surface area contributed by atoms with E-state index in [1.807, 2.05) is 0 Å². The molecule has 8 heteroatoms. The van der Waals surface area contributed by atoms with Gasteiger partial charge in [-0.05, 0) is 0 Å². The smallest absolute Gasteiger partial charge is 0.321 e. The van der Waals surface area contributed by atoms with Gasteiger partial charge in [0.15, 0.2) is 0 Å². The number of carboxylic acids is 1. The Morgan fingerprint density at radius 2 is 2.11 bits per heavy atom. The van der Waals surface area contributed by atoms with Crippen molar-refractivity contribution in [2.45, 2.75) is 19.0 Å². The summed E-state index contributed by atoms with van der Waals surface area (Å²) in [6, 6.07) is -0.796. The van der Waals surface area contributed by atoms with E-state index < -0.39 is 17.9 Å². The number of aromatic nitrogens is 2. The molecule has 1 aromatic rings. The second-order valence-electron chi connectivity index (χ2n) is 3.52. The van der Waals surface area contributed by atoms with Crippen LogP contribution in [0.15, 0.2) is 12.4 Å². The van der Waals surface area contributed by atoms with Gasteiger partial charge in [0.2, 0.25) is 5.91 Å². The molecule has 0 bridgehead atoms. The van der Waals surface area contributed by atoms with Gasteiger partial charge in [-0.2, -0.15) is 0 Å². The zero-order chi connectivity index (χ0) is 13.5. The Morgan fingerprint density at radius 1 is 1.50 bits per heavy atom. The van der Waals surface area contributed by atoms with Crippen LogP contribution in [0.5, 0.6) is 6.01 Å². The first-order valence-corrected chi connectivity index (χ1v) is 5.12. The number of carbonyl (C=O) groups is 2. The van der Waals surface area contributed by atoms with E-state index in [4.69, 9.17) is 15.6 Å². The van der Waals surface area contributed by atoms with E-state index in [0.29, 0.717) is 5.56 Å². The molecule has 0 saturated carbocycles. The van der Waals surface area contributed by atoms with Gasteiger partial charge in [0.05, 0.1) is 13.5 Å². The zero-order valence-electron chi connectivity index (χ0n) is 9.79. The minimum Gasteiger partial charge on any atom is -0.480 e. The highest BCUT2D eigenvalue weighted by Crippen LogP contribution is 2.02. The highest BCUT2D eigenvalue weighted by atomic mass is 16.5. The summed E-state index contributed by atoms with van der Waals surface area (Å²) in [4.78, 5) is 29.3. The van der Waals surface area contributed by atoms with Crippen molar-refractivity contribution in [3.63, 3.8) is 0 Å². The number of hydrogen-bond acceptors (Lipinski definition) is 6. The summed E-state index contributed by atoms with van der Waals surface area (Å²) in [7, 11) is 1.45. The fraction of sp³-hybridized carbons (Fsp3) is 0.400. The number of rotatable bonds is 7. The number of nitrogens with two attached hydrogens (primary N) is 1. The monoisotopic (exact) mass is 254 g/mol. The number of carbonyl (C=O) groups excluding carboxylic acids is 1. The number of primary amides is 1. The molecule has 18 heavy (non-hydrogen) atoms. The van der Waals surface area contributed by atoms with Crippen LogP contribution in [0.2, 0.25) is 0 Å². The average Bonchev–Trinajstić information content (AvgIpc) is 2.34. The molecule has 0 spiro atoms. The maximum atomic E-state index is 10.8. The van der Waals surface area contributed by atoms with Gasteiger partial charge in [0.25, 0.3) is 0 Å². The molecular weight excluding hydrogens is 240 g/mol. The van der Waals surface area contributed by atoms with Crippen molar-refractivity contribution in [2.75, 3.05) is 7.11 Å². The minimum atomic E-state index is -1.14. The maximum absolute atomic E-state index is 10.8. The van der Waals surface area contributed by atoms with Crippen LogP contribution in [-0.4, -0.2) is 40.1 Å². The molecule has 1 atom stereocenters. The molecule has 0 unspecified atom stereocenters. The number of amides is 1. The summed E-state index contributed by atoms with van der Waals surface area (Å²) in [5, 5.41) is 11.5. The third-order valence-corrected chi connectivity index (χ3v) is 2.12. The Labute approximate surface area is 103 Å². The van der Waals surface area contributed by atoms with Gasteiger partial charge in [0, 0.05) is 24.5 Å². The van der Waals surface area contributed by atoms with E-state index in [0.717, 1.165) is 0 Å². The molecule has 4 N–H and O–H groups in total. The molecule has 1 aromatic heterocycles. The lowest BCUT2D eigenvalue weighted by atomic mass is 10.2. The van der Waals surface area contributed by atoms with Crippen LogP contribution >= 0.6 is 0 Å². The Bertz CT molecular complexity index is 420. The highest BCUT2D eigenvalue weighted by Gasteiger charge is 2.19. The van der Waals surface area contributed by atoms with Crippen LogP contribution in [0.1, 0.15) is 12.0 Å². The third-order valence-electron chi connectivity index (χ3n) is 2.12. The number of nitrogens with zero attached hydrogens (tertiary/aromatic N) is 2. The lowest BCUT2D eigenvalue weighted by Gasteiger charge is -2.12. The Hall–Kier alpha value is -2.22. The van der Waals surface area contributed by atoms with Crippen molar-refractivity contribution in [3.05, 3.63) is 18.0 Å². The molecule has 0 aliphatic carbocycles. The average molecular weight is 254 g/mol. The summed E-state index contributed by atoms with van der Waals surface area (Å²) < 4.78 is 4.79. The number of methoxy groups -OCH3 is 1. The van der Waals surface area contributed by atoms with Crippen molar-refractivity contribution in [1.29, 1.82) is 0 Å². The number of nitrogens with one attached hydrogen (secondary N) is 1. The van der Waals surface area contributed by atoms with E-state index in [9.17, 15) is 9.59 Å². The number of ether oxygens (including phenoxy) is 1. The predicted octanol–water partition coefficient (Wildman–Crippen LogP) is -1.10. The zero-order valence-corrected chi connectivity index (χ0v) is 9.79. The van der Waals surface area contributed by atoms with E-state index >= 15 is 0 Å². The third kappa shape index (κ3) is 4.34. The first-order valence-electron chi connectivity index (χ1n) is 5.12. The lowest BCUT2D eigenvalue weighted by Crippen LogP contribution is -2.39. The Morgan fingerprint density at radius 3 is 2.56 bits per heavy atom. The topological polar surface area (TPSA) is 127 Å². The van der Waals surface area contributed by atoms with Crippen LogP contribution in [-0.2, 0) is 16.1 Å². The van der Waals surface area contributed by atoms with Crippen LogP contribution in [0.25, 0.3) is 0 Å². The number of carboxylic acid groups (broad SMARTS) is 1. The lowest BCUT2D eigenvalue weighted by molar-refractivity contribution is -0.141. The first-order chi connectivity index (χ1) is 8.52. The molecule has 8 nitrogen and oxygen atoms in total. The molecule has 0 saturated heterocycles. The molecular formula is C10H14N4O4. The van der Waals surface area contributed by atoms with Crippen LogP contribution in [0.4, 0.5) is 0 Å². The van der Waals surface area contributed by atoms with Gasteiger partial charge in [0.1, 0.15) is 6.04 Å². The van der Waals surface area contributed by atoms with E-state index in [2.05, 4.69) is 15.3 Å². The van der Waals surface area contributed by atoms with Gasteiger partial charge in [-0.15, -0.1) is 0 Å². The highest BCUT2D eigenvalue weighted by molar-refractivity contribution is 5.83. The summed E-state index contributed by atoms with van der Waals surface area (Å²) in [6.07, 6.45) is 2.73. The molecule has 0 aliphatic heterocycles. The normalized spacial score (nSPS) is 11.8. The van der Waals surface area contributed by atoms with Gasteiger partial charge in [-0.3, -0.25) is 14.9 Å². The van der Waals surface area contributed by atoms with Crippen molar-refractivity contribution in [3.8, 4) is 6.01 Å². The van der Waals surface area contributed by atoms with Crippen molar-refractivity contribution in [2.24, 2.45) is 5.73 Å². The standard InChI is InChI=1S/C10H14N4O4/c1-18-10-13-4-6(5-14-10)3-12-7(9(16)17)2-8(11)15/h4-5,7,12H,2-3H2,1H3,(H2,11,15)(H,16,17)/t7-/m1/s1. The molecule has 98 valence electrons. The number of hydrogen-bond donors (Lipinski definition) is 3. The van der Waals surface area contributed by atoms with Crippen molar-refractivity contribution < 1.29 is 19.4 Å². The fourth-order valence-electron chi connectivity index (χ4n) is 1.23. The summed E-state index contributed by atoms with van der Waals surface area (Å²) in [6.45, 7) is 0.217. The van der Waals surface area contributed by atoms with Crippen molar-refractivity contribution >= 4 is 11.9 Å². The predicted molar refractivity (Wildman–Crippen MR) is 60.7 cm³/mol. The molecule has 0 fully saturated rings. The van der Waals surface area contributed by atoms with Crippen LogP contribution in [0.3, 0.4) is 0 Å². The molecule has 0 aromatic carbocycles. The SMILES string of the molecule is COc1ncc(CN[C@H](CC(N)=O)C(=O)O)cn1. The van der Waals surface area contributed by atoms with Crippen molar-refractivity contribution in [1.82, 2.24) is 15.3 Å². The van der Waals surface area contributed by atoms with Gasteiger partial charge < -0.3 is 15.6 Å². The summed E-state index contributed by atoms with van der Waals surface area (Å²) in [5.41, 5.74) is 5.63. The van der Waals surface area contributed by atoms with Gasteiger partial charge in [-0.25, -0.2) is 9.97 Å². The number of aliphatic carboxylic acids is 1. The van der Waals surface area contributed by atoms with Crippen LogP contribution < -0.4 is 15.8 Å². The molecule has 1 amide bonds. The summed E-state index contributed by atoms with van der Waals surface area (Å²) in [5.74, 6) is -1.82. The minimum absolute atomic E-state index is 0.217. The van der Waals surface area contributed by atoms with Crippen LogP contribution in [0, 0.1) is 0 Å². The van der Waals surface area contributed by atoms with Gasteiger partial charge >= 0.3 is 12.0 Å². The molecule has 1 heterocycles. The summed E-state index contributed by atoms with van der Waals surface area (Å²) >= 11 is 0. The Balaban J connectivity index is 2.55. The van der Waals surface area contributed by atoms with E-state index in [-0.39, 0.29) is 19.0 Å². The maximum Gasteiger partial charge on any atom is 0.321 e. The van der Waals surface area contributed by atoms with E-state index in [1.54, 1.807) is 0 Å². The second-order valence-corrected chi connectivity index (χ2v) is 3.52. The second kappa shape index (κ2) is 6.50. The Kier molecular flexibility index (Phi) is 5.00. The molecule has 1 rings (SSSR count). The van der Waals surface area contributed by atoms with E-state index in [1.165, 1.54) is 19.5 Å². The first kappa shape index (κ1) is 13.8. The van der Waals surface area contributed by atoms with Gasteiger partial charge in [-0.1, -0.05) is 0 Å².